The van der Waals surface area contributed by atoms with E-state index < -0.39 is 15.9 Å². The number of hydrogen-bond acceptors (Lipinski definition) is 7. The van der Waals surface area contributed by atoms with Gasteiger partial charge in [-0.25, -0.2) is 19.2 Å². The van der Waals surface area contributed by atoms with Gasteiger partial charge in [0, 0.05) is 17.6 Å². The zero-order chi connectivity index (χ0) is 26.4. The van der Waals surface area contributed by atoms with Crippen molar-refractivity contribution in [2.24, 2.45) is 5.84 Å². The van der Waals surface area contributed by atoms with Crippen LogP contribution in [0.15, 0.2) is 72.8 Å². The number of carbonyl (C=O) groups excluding carboxylic acids is 1. The molecule has 1 amide bonds. The number of halogens is 1. The first-order valence-corrected chi connectivity index (χ1v) is 13.5. The van der Waals surface area contributed by atoms with E-state index >= 15 is 0 Å². The monoisotopic (exact) mass is 572 g/mol. The lowest BCUT2D eigenvalue weighted by molar-refractivity contribution is 0.0955. The number of aromatic nitrogens is 1. The van der Waals surface area contributed by atoms with Gasteiger partial charge in [0.15, 0.2) is 0 Å². The van der Waals surface area contributed by atoms with Crippen LogP contribution in [0.3, 0.4) is 0 Å². The molecule has 39 heavy (non-hydrogen) atoms. The molecule has 0 aliphatic rings. The van der Waals surface area contributed by atoms with Crippen LogP contribution in [0.25, 0.3) is 33.3 Å². The number of nitrogens with one attached hydrogen (secondary N) is 2. The number of fused-ring (bicyclic) bond motifs is 1. The van der Waals surface area contributed by atoms with Crippen molar-refractivity contribution in [3.05, 3.63) is 78.4 Å². The number of amides is 1. The third-order valence-corrected chi connectivity index (χ3v) is 6.28. The van der Waals surface area contributed by atoms with Crippen LogP contribution in [0.2, 0.25) is 0 Å². The summed E-state index contributed by atoms with van der Waals surface area (Å²) < 4.78 is 31.4. The number of nitrogen functional groups attached to an aromatic ring is 1. The van der Waals surface area contributed by atoms with Crippen LogP contribution in [0.4, 0.5) is 5.69 Å². The summed E-state index contributed by atoms with van der Waals surface area (Å²) in [5.74, 6) is 5.70. The van der Waals surface area contributed by atoms with E-state index in [1.54, 1.807) is 24.3 Å². The maximum absolute atomic E-state index is 12.5. The van der Waals surface area contributed by atoms with E-state index in [1.807, 2.05) is 48.5 Å². The molecule has 0 saturated carbocycles. The van der Waals surface area contributed by atoms with Crippen LogP contribution in [0.5, 0.6) is 5.75 Å². The summed E-state index contributed by atoms with van der Waals surface area (Å²) in [5, 5.41) is 9.40. The van der Waals surface area contributed by atoms with E-state index in [0.29, 0.717) is 40.9 Å². The molecule has 5 N–H and O–H groups in total. The maximum atomic E-state index is 12.5. The van der Waals surface area contributed by atoms with Crippen molar-refractivity contribution in [3.63, 3.8) is 0 Å². The average molecular weight is 573 g/mol. The first-order chi connectivity index (χ1) is 17.8. The highest BCUT2D eigenvalue weighted by molar-refractivity contribution is 7.92. The number of nitrogens with two attached hydrogens (primary N) is 1. The molecule has 0 saturated heterocycles. The van der Waals surface area contributed by atoms with Crippen LogP contribution < -0.4 is 20.7 Å². The number of unbranched alkanes of at least 4 members (excludes halogenated alkanes) is 1. The van der Waals surface area contributed by atoms with Crippen molar-refractivity contribution >= 4 is 44.9 Å². The highest BCUT2D eigenvalue weighted by atomic mass is 35.5. The summed E-state index contributed by atoms with van der Waals surface area (Å²) in [5.41, 5.74) is 6.61. The first-order valence-electron chi connectivity index (χ1n) is 11.7. The van der Waals surface area contributed by atoms with Gasteiger partial charge in [-0.15, -0.1) is 12.4 Å². The highest BCUT2D eigenvalue weighted by Gasteiger charge is 2.15. The second kappa shape index (κ2) is 13.9. The summed E-state index contributed by atoms with van der Waals surface area (Å²) in [7, 11) is -3.47. The fourth-order valence-corrected chi connectivity index (χ4v) is 4.46. The molecule has 0 spiro atoms. The second-order valence-electron chi connectivity index (χ2n) is 8.52. The second-order valence-corrected chi connectivity index (χ2v) is 10.3. The van der Waals surface area contributed by atoms with Crippen LogP contribution >= 0.6 is 12.4 Å². The van der Waals surface area contributed by atoms with Crippen LogP contribution in [0, 0.1) is 0 Å². The molecule has 3 aromatic carbocycles. The molecule has 0 aliphatic heterocycles. The number of ether oxygens (including phenoxy) is 1. The standard InChI is InChI=1S/C27H28N4O5S.CH4.ClH/c1-37(34,35)31-21-10-13-23-24(27(33)30-28)17-25(29-26(23)16-21)20-6-4-18(5-7-20)19-8-11-22(12-9-19)36-15-3-2-14-32;;/h4-13,16-17,31-32H,2-3,14-15,28H2,1H3,(H,30,33);1H4;1H. The average Bonchev–Trinajstić information content (AvgIpc) is 2.89. The number of aliphatic hydroxyl groups excluding tert-OH is 1. The fourth-order valence-electron chi connectivity index (χ4n) is 3.90. The van der Waals surface area contributed by atoms with Gasteiger partial charge in [0.05, 0.1) is 35.3 Å². The Morgan fingerprint density at radius 1 is 0.949 bits per heavy atom. The van der Waals surface area contributed by atoms with Crippen LogP contribution in [-0.4, -0.2) is 43.9 Å². The number of sulfonamides is 1. The Morgan fingerprint density at radius 3 is 2.15 bits per heavy atom. The molecule has 1 heterocycles. The Morgan fingerprint density at radius 2 is 1.56 bits per heavy atom. The molecule has 4 rings (SSSR count). The SMILES string of the molecule is C.CS(=O)(=O)Nc1ccc2c(C(=O)NN)cc(-c3ccc(-c4ccc(OCCCCO)cc4)cc3)nc2c1.Cl. The topological polar surface area (TPSA) is 144 Å². The van der Waals surface area contributed by atoms with Gasteiger partial charge in [-0.2, -0.15) is 0 Å². The molecular weight excluding hydrogens is 540 g/mol. The quantitative estimate of drug-likeness (QED) is 0.0928. The van der Waals surface area contributed by atoms with Gasteiger partial charge in [-0.1, -0.05) is 43.8 Å². The summed E-state index contributed by atoms with van der Waals surface area (Å²) in [4.78, 5) is 17.2. The minimum atomic E-state index is -3.47. The summed E-state index contributed by atoms with van der Waals surface area (Å²) in [6.45, 7) is 0.722. The lowest BCUT2D eigenvalue weighted by Crippen LogP contribution is -2.30. The minimum absolute atomic E-state index is 0. The summed E-state index contributed by atoms with van der Waals surface area (Å²) >= 11 is 0. The Bertz CT molecular complexity index is 1510. The maximum Gasteiger partial charge on any atom is 0.265 e. The predicted molar refractivity (Wildman–Crippen MR) is 159 cm³/mol. The van der Waals surface area contributed by atoms with Crippen molar-refractivity contribution < 1.29 is 23.1 Å². The Balaban J connectivity index is 0.00000267. The molecule has 0 atom stereocenters. The van der Waals surface area contributed by atoms with E-state index in [0.717, 1.165) is 35.1 Å². The van der Waals surface area contributed by atoms with Crippen molar-refractivity contribution in [2.45, 2.75) is 20.3 Å². The molecule has 9 nitrogen and oxygen atoms in total. The number of carbonyl (C=O) groups is 1. The first kappa shape index (κ1) is 31.5. The van der Waals surface area contributed by atoms with Gasteiger partial charge in [0.1, 0.15) is 5.75 Å². The summed E-state index contributed by atoms with van der Waals surface area (Å²) in [6.07, 6.45) is 2.58. The number of anilines is 1. The number of rotatable bonds is 10. The smallest absolute Gasteiger partial charge is 0.265 e. The van der Waals surface area contributed by atoms with Crippen molar-refractivity contribution in [1.29, 1.82) is 0 Å². The zero-order valence-corrected chi connectivity index (χ0v) is 22.3. The number of hydrazine groups is 1. The van der Waals surface area contributed by atoms with Crippen molar-refractivity contribution in [1.82, 2.24) is 10.4 Å². The van der Waals surface area contributed by atoms with E-state index in [1.165, 1.54) is 0 Å². The molecule has 0 aliphatic carbocycles. The Labute approximate surface area is 234 Å². The van der Waals surface area contributed by atoms with Crippen LogP contribution in [0.1, 0.15) is 30.6 Å². The number of aliphatic hydroxyl groups is 1. The van der Waals surface area contributed by atoms with Gasteiger partial charge in [-0.3, -0.25) is 14.9 Å². The minimum Gasteiger partial charge on any atom is -0.494 e. The molecule has 11 heteroatoms. The number of hydrogen-bond donors (Lipinski definition) is 4. The number of pyridine rings is 1. The third-order valence-electron chi connectivity index (χ3n) is 5.68. The molecule has 0 radical (unpaired) electrons. The highest BCUT2D eigenvalue weighted by Crippen LogP contribution is 2.29. The Hall–Kier alpha value is -3.70. The van der Waals surface area contributed by atoms with E-state index in [-0.39, 0.29) is 26.4 Å². The number of benzene rings is 3. The molecule has 208 valence electrons. The van der Waals surface area contributed by atoms with Gasteiger partial charge < -0.3 is 9.84 Å². The van der Waals surface area contributed by atoms with E-state index in [4.69, 9.17) is 15.7 Å². The van der Waals surface area contributed by atoms with Crippen LogP contribution in [-0.2, 0) is 10.0 Å². The van der Waals surface area contributed by atoms with Gasteiger partial charge in [0.2, 0.25) is 10.0 Å². The van der Waals surface area contributed by atoms with Gasteiger partial charge in [0.25, 0.3) is 5.91 Å². The number of nitrogens with zero attached hydrogens (tertiary/aromatic N) is 1. The summed E-state index contributed by atoms with van der Waals surface area (Å²) in [6, 6.07) is 21.9. The fraction of sp³-hybridized carbons (Fsp3) is 0.214. The molecular formula is C28H33ClN4O5S. The third kappa shape index (κ3) is 8.14. The van der Waals surface area contributed by atoms with Gasteiger partial charge in [-0.05, 0) is 60.4 Å². The molecule has 0 bridgehead atoms. The lowest BCUT2D eigenvalue weighted by atomic mass is 10.00. The van der Waals surface area contributed by atoms with E-state index in [2.05, 4.69) is 15.1 Å². The molecule has 0 unspecified atom stereocenters. The molecule has 4 aromatic rings. The lowest BCUT2D eigenvalue weighted by Gasteiger charge is -2.12. The predicted octanol–water partition coefficient (Wildman–Crippen LogP) is 4.75. The largest absolute Gasteiger partial charge is 0.494 e. The molecule has 1 aromatic heterocycles. The molecule has 0 fully saturated rings. The normalized spacial score (nSPS) is 10.7. The Kier molecular flexibility index (Phi) is 11.2. The van der Waals surface area contributed by atoms with Crippen molar-refractivity contribution in [3.8, 4) is 28.1 Å². The van der Waals surface area contributed by atoms with E-state index in [9.17, 15) is 13.2 Å². The van der Waals surface area contributed by atoms with Gasteiger partial charge >= 0.3 is 0 Å². The van der Waals surface area contributed by atoms with Crippen molar-refractivity contribution in [2.75, 3.05) is 24.2 Å². The zero-order valence-electron chi connectivity index (χ0n) is 20.7.